The highest BCUT2D eigenvalue weighted by Gasteiger charge is 2.28. The van der Waals surface area contributed by atoms with Crippen molar-refractivity contribution in [2.24, 2.45) is 23.5 Å². The summed E-state index contributed by atoms with van der Waals surface area (Å²) in [5.74, 6) is 2.67. The van der Waals surface area contributed by atoms with Crippen molar-refractivity contribution in [2.45, 2.75) is 70.8 Å². The van der Waals surface area contributed by atoms with Crippen molar-refractivity contribution < 1.29 is 4.74 Å². The van der Waals surface area contributed by atoms with Crippen LogP contribution < -0.4 is 5.73 Å². The van der Waals surface area contributed by atoms with E-state index in [1.54, 1.807) is 0 Å². The standard InChI is InChI=1S/C16H31NO/c1-2-13-8-9-15(12-17)14(11-13)5-3-6-16-7-4-10-18-16/h13-16H,2-12,17H2,1H3. The molecule has 2 N–H and O–H groups in total. The molecule has 2 heteroatoms. The van der Waals surface area contributed by atoms with Gasteiger partial charge in [0.2, 0.25) is 0 Å². The maximum absolute atomic E-state index is 5.95. The van der Waals surface area contributed by atoms with Gasteiger partial charge >= 0.3 is 0 Å². The predicted molar refractivity (Wildman–Crippen MR) is 76.5 cm³/mol. The van der Waals surface area contributed by atoms with E-state index < -0.39 is 0 Å². The lowest BCUT2D eigenvalue weighted by Gasteiger charge is -2.35. The van der Waals surface area contributed by atoms with Gasteiger partial charge in [-0.2, -0.15) is 0 Å². The van der Waals surface area contributed by atoms with Gasteiger partial charge in [0.1, 0.15) is 0 Å². The third-order valence-electron chi connectivity index (χ3n) is 5.25. The van der Waals surface area contributed by atoms with Crippen molar-refractivity contribution >= 4 is 0 Å². The van der Waals surface area contributed by atoms with E-state index in [2.05, 4.69) is 6.92 Å². The zero-order valence-corrected chi connectivity index (χ0v) is 12.1. The molecule has 4 atom stereocenters. The molecule has 0 bridgehead atoms. The lowest BCUT2D eigenvalue weighted by Crippen LogP contribution is -2.30. The molecule has 4 unspecified atom stereocenters. The molecule has 18 heavy (non-hydrogen) atoms. The molecule has 106 valence electrons. The normalized spacial score (nSPS) is 37.0. The molecule has 1 aliphatic carbocycles. The summed E-state index contributed by atoms with van der Waals surface area (Å²) in [5, 5.41) is 0. The Morgan fingerprint density at radius 1 is 1.11 bits per heavy atom. The zero-order chi connectivity index (χ0) is 12.8. The van der Waals surface area contributed by atoms with Crippen LogP contribution in [0.1, 0.15) is 64.7 Å². The molecule has 1 saturated heterocycles. The van der Waals surface area contributed by atoms with E-state index in [-0.39, 0.29) is 0 Å². The average Bonchev–Trinajstić information content (AvgIpc) is 2.92. The van der Waals surface area contributed by atoms with Crippen LogP contribution in [-0.2, 0) is 4.74 Å². The zero-order valence-electron chi connectivity index (χ0n) is 12.1. The summed E-state index contributed by atoms with van der Waals surface area (Å²) in [4.78, 5) is 0. The van der Waals surface area contributed by atoms with Gasteiger partial charge in [-0.05, 0) is 56.4 Å². The number of nitrogens with two attached hydrogens (primary N) is 1. The van der Waals surface area contributed by atoms with Gasteiger partial charge in [0.25, 0.3) is 0 Å². The van der Waals surface area contributed by atoms with E-state index in [1.165, 1.54) is 57.8 Å². The van der Waals surface area contributed by atoms with Crippen molar-refractivity contribution in [3.8, 4) is 0 Å². The summed E-state index contributed by atoms with van der Waals surface area (Å²) in [7, 11) is 0. The van der Waals surface area contributed by atoms with Crippen LogP contribution in [-0.4, -0.2) is 19.3 Å². The van der Waals surface area contributed by atoms with Gasteiger partial charge in [0, 0.05) is 6.61 Å². The Morgan fingerprint density at radius 3 is 2.67 bits per heavy atom. The second-order valence-corrected chi connectivity index (χ2v) is 6.41. The van der Waals surface area contributed by atoms with Gasteiger partial charge in [-0.25, -0.2) is 0 Å². The monoisotopic (exact) mass is 253 g/mol. The van der Waals surface area contributed by atoms with Crippen molar-refractivity contribution in [3.63, 3.8) is 0 Å². The van der Waals surface area contributed by atoms with E-state index in [0.717, 1.165) is 30.9 Å². The molecule has 0 aromatic heterocycles. The van der Waals surface area contributed by atoms with E-state index in [0.29, 0.717) is 6.10 Å². The highest BCUT2D eigenvalue weighted by Crippen LogP contribution is 2.38. The Kier molecular flexibility index (Phi) is 5.97. The Hall–Kier alpha value is -0.0800. The lowest BCUT2D eigenvalue weighted by molar-refractivity contribution is 0.0960. The number of hydrogen-bond acceptors (Lipinski definition) is 2. The quantitative estimate of drug-likeness (QED) is 0.782. The maximum Gasteiger partial charge on any atom is 0.0576 e. The number of ether oxygens (including phenoxy) is 1. The van der Waals surface area contributed by atoms with Gasteiger partial charge in [-0.3, -0.25) is 0 Å². The van der Waals surface area contributed by atoms with Crippen molar-refractivity contribution in [1.82, 2.24) is 0 Å². The largest absolute Gasteiger partial charge is 0.378 e. The van der Waals surface area contributed by atoms with Crippen molar-refractivity contribution in [1.29, 1.82) is 0 Å². The highest BCUT2D eigenvalue weighted by atomic mass is 16.5. The highest BCUT2D eigenvalue weighted by molar-refractivity contribution is 4.80. The summed E-state index contributed by atoms with van der Waals surface area (Å²) in [6, 6.07) is 0. The number of hydrogen-bond donors (Lipinski definition) is 1. The van der Waals surface area contributed by atoms with Crippen LogP contribution in [0.4, 0.5) is 0 Å². The fraction of sp³-hybridized carbons (Fsp3) is 1.00. The molecule has 2 fully saturated rings. The number of rotatable bonds is 6. The summed E-state index contributed by atoms with van der Waals surface area (Å²) in [6.07, 6.45) is 12.8. The van der Waals surface area contributed by atoms with Crippen LogP contribution in [0.5, 0.6) is 0 Å². The Labute approximate surface area is 113 Å². The lowest BCUT2D eigenvalue weighted by atomic mass is 9.71. The first-order valence-electron chi connectivity index (χ1n) is 8.15. The average molecular weight is 253 g/mol. The van der Waals surface area contributed by atoms with Gasteiger partial charge in [-0.1, -0.05) is 32.6 Å². The molecule has 0 aromatic rings. The fourth-order valence-electron chi connectivity index (χ4n) is 3.94. The summed E-state index contributed by atoms with van der Waals surface area (Å²) in [5.41, 5.74) is 5.95. The fourth-order valence-corrected chi connectivity index (χ4v) is 3.94. The van der Waals surface area contributed by atoms with Crippen molar-refractivity contribution in [2.75, 3.05) is 13.2 Å². The SMILES string of the molecule is CCC1CCC(CN)C(CCCC2CCCO2)C1. The van der Waals surface area contributed by atoms with E-state index >= 15 is 0 Å². The maximum atomic E-state index is 5.95. The molecule has 0 amide bonds. The van der Waals surface area contributed by atoms with Crippen LogP contribution in [0.15, 0.2) is 0 Å². The Balaban J connectivity index is 1.70. The third kappa shape index (κ3) is 3.96. The molecule has 1 aliphatic heterocycles. The summed E-state index contributed by atoms with van der Waals surface area (Å²) >= 11 is 0. The molecular weight excluding hydrogens is 222 g/mol. The predicted octanol–water partition coefficient (Wildman–Crippen LogP) is 3.74. The molecule has 2 nitrogen and oxygen atoms in total. The van der Waals surface area contributed by atoms with E-state index in [1.807, 2.05) is 0 Å². The molecule has 2 aliphatic rings. The van der Waals surface area contributed by atoms with Crippen LogP contribution in [0.2, 0.25) is 0 Å². The Bertz CT molecular complexity index is 225. The summed E-state index contributed by atoms with van der Waals surface area (Å²) in [6.45, 7) is 4.25. The first kappa shape index (κ1) is 14.3. The summed E-state index contributed by atoms with van der Waals surface area (Å²) < 4.78 is 5.71. The van der Waals surface area contributed by atoms with Gasteiger partial charge in [0.15, 0.2) is 0 Å². The first-order valence-corrected chi connectivity index (χ1v) is 8.15. The second kappa shape index (κ2) is 7.49. The molecule has 0 spiro atoms. The first-order chi connectivity index (χ1) is 8.83. The van der Waals surface area contributed by atoms with Crippen LogP contribution in [0.3, 0.4) is 0 Å². The minimum atomic E-state index is 0.576. The van der Waals surface area contributed by atoms with E-state index in [4.69, 9.17) is 10.5 Å². The smallest absolute Gasteiger partial charge is 0.0576 e. The molecule has 1 heterocycles. The minimum Gasteiger partial charge on any atom is -0.378 e. The Morgan fingerprint density at radius 2 is 2.00 bits per heavy atom. The molecule has 2 rings (SSSR count). The van der Waals surface area contributed by atoms with E-state index in [9.17, 15) is 0 Å². The minimum absolute atomic E-state index is 0.576. The van der Waals surface area contributed by atoms with Gasteiger partial charge < -0.3 is 10.5 Å². The molecular formula is C16H31NO. The molecule has 1 saturated carbocycles. The molecule has 0 radical (unpaired) electrons. The molecule has 0 aromatic carbocycles. The van der Waals surface area contributed by atoms with Crippen molar-refractivity contribution in [3.05, 3.63) is 0 Å². The second-order valence-electron chi connectivity index (χ2n) is 6.41. The van der Waals surface area contributed by atoms with Gasteiger partial charge in [0.05, 0.1) is 6.10 Å². The topological polar surface area (TPSA) is 35.2 Å². The van der Waals surface area contributed by atoms with Crippen LogP contribution >= 0.6 is 0 Å². The third-order valence-corrected chi connectivity index (χ3v) is 5.25. The van der Waals surface area contributed by atoms with Crippen LogP contribution in [0, 0.1) is 17.8 Å². The van der Waals surface area contributed by atoms with Crippen LogP contribution in [0.25, 0.3) is 0 Å². The van der Waals surface area contributed by atoms with Gasteiger partial charge in [-0.15, -0.1) is 0 Å².